The third-order valence-electron chi connectivity index (χ3n) is 6.28. The first-order valence-corrected chi connectivity index (χ1v) is 20.1. The summed E-state index contributed by atoms with van der Waals surface area (Å²) < 4.78 is 6.75. The van der Waals surface area contributed by atoms with E-state index >= 15 is 0 Å². The quantitative estimate of drug-likeness (QED) is 0.153. The molecule has 1 heterocycles. The van der Waals surface area contributed by atoms with Crippen LogP contribution in [-0.4, -0.2) is 18.4 Å². The van der Waals surface area contributed by atoms with E-state index in [0.717, 1.165) is 5.92 Å². The Kier molecular flexibility index (Phi) is 14.6. The Morgan fingerprint density at radius 2 is 1.42 bits per heavy atom. The van der Waals surface area contributed by atoms with Crippen LogP contribution in [0.3, 0.4) is 0 Å². The van der Waals surface area contributed by atoms with Gasteiger partial charge < -0.3 is 0 Å². The summed E-state index contributed by atoms with van der Waals surface area (Å²) in [6.07, 6.45) is 17.3. The van der Waals surface area contributed by atoms with Crippen LogP contribution in [0, 0.1) is 5.92 Å². The van der Waals surface area contributed by atoms with Crippen LogP contribution in [0.2, 0.25) is 13.3 Å². The number of hydrogen-bond acceptors (Lipinski definition) is 1. The zero-order valence-electron chi connectivity index (χ0n) is 18.3. The molecule has 0 N–H and O–H groups in total. The van der Waals surface area contributed by atoms with Gasteiger partial charge in [-0.1, -0.05) is 0 Å². The summed E-state index contributed by atoms with van der Waals surface area (Å²) in [5.41, 5.74) is 0. The predicted molar refractivity (Wildman–Crippen MR) is 126 cm³/mol. The molecule has 0 radical (unpaired) electrons. The van der Waals surface area contributed by atoms with Gasteiger partial charge in [-0.05, 0) is 0 Å². The molecule has 1 aromatic heterocycles. The van der Waals surface area contributed by atoms with Gasteiger partial charge in [-0.15, -0.1) is 0 Å². The van der Waals surface area contributed by atoms with Gasteiger partial charge in [-0.25, -0.2) is 0 Å². The van der Waals surface area contributed by atoms with Crippen molar-refractivity contribution in [2.45, 2.75) is 118 Å². The van der Waals surface area contributed by atoms with Crippen LogP contribution in [0.15, 0.2) is 17.5 Å². The Morgan fingerprint density at radius 3 is 1.96 bits per heavy atom. The summed E-state index contributed by atoms with van der Waals surface area (Å²) >= 11 is -0.100. The molecule has 0 amide bonds. The van der Waals surface area contributed by atoms with Crippen molar-refractivity contribution in [1.29, 1.82) is 0 Å². The topological polar surface area (TPSA) is 0 Å². The van der Waals surface area contributed by atoms with Gasteiger partial charge in [0, 0.05) is 0 Å². The Labute approximate surface area is 173 Å². The molecule has 152 valence electrons. The molecule has 1 aromatic rings. The molecule has 0 nitrogen and oxygen atoms in total. The predicted octanol–water partition coefficient (Wildman–Crippen LogP) is 8.78. The molecule has 26 heavy (non-hydrogen) atoms. The van der Waals surface area contributed by atoms with E-state index in [1.54, 1.807) is 13.3 Å². The second kappa shape index (κ2) is 15.4. The molecule has 0 saturated heterocycles. The van der Waals surface area contributed by atoms with Gasteiger partial charge in [0.05, 0.1) is 0 Å². The Morgan fingerprint density at radius 1 is 0.808 bits per heavy atom. The van der Waals surface area contributed by atoms with Gasteiger partial charge in [0.25, 0.3) is 0 Å². The Balaban J connectivity index is 2.70. The van der Waals surface area contributed by atoms with Crippen molar-refractivity contribution in [3.8, 4) is 0 Å². The molecule has 1 atom stereocenters. The summed E-state index contributed by atoms with van der Waals surface area (Å²) in [6.45, 7) is 9.56. The van der Waals surface area contributed by atoms with Gasteiger partial charge in [0.15, 0.2) is 0 Å². The average molecular weight is 485 g/mol. The summed E-state index contributed by atoms with van der Waals surface area (Å²) in [5, 5.41) is 2.35. The van der Waals surface area contributed by atoms with Crippen LogP contribution < -0.4 is 2.89 Å². The fraction of sp³-hybridized carbons (Fsp3) is 0.833. The second-order valence-electron chi connectivity index (χ2n) is 8.50. The first-order valence-electron chi connectivity index (χ1n) is 11.8. The van der Waals surface area contributed by atoms with Crippen LogP contribution in [0.1, 0.15) is 105 Å². The fourth-order valence-corrected chi connectivity index (χ4v) is 25.5. The summed E-state index contributed by atoms with van der Waals surface area (Å²) in [7, 11) is 0. The van der Waals surface area contributed by atoms with Crippen molar-refractivity contribution in [2.75, 3.05) is 0 Å². The Bertz CT molecular complexity index is 404. The SMILES string of the molecule is CCCCCCCCC(CC)[CH2][Sn]([CH2]CCC)([CH2]CCC)[c]1cccs1. The molecular weight excluding hydrogens is 439 g/mol. The molecular formula is C24H46SSn. The van der Waals surface area contributed by atoms with E-state index in [1.807, 2.05) is 2.89 Å². The molecule has 0 bridgehead atoms. The van der Waals surface area contributed by atoms with Crippen molar-refractivity contribution in [3.05, 3.63) is 17.5 Å². The zero-order chi connectivity index (χ0) is 19.1. The van der Waals surface area contributed by atoms with Crippen molar-refractivity contribution >= 4 is 32.6 Å². The third kappa shape index (κ3) is 9.13. The van der Waals surface area contributed by atoms with Crippen LogP contribution >= 0.6 is 11.3 Å². The van der Waals surface area contributed by atoms with Gasteiger partial charge in [-0.2, -0.15) is 0 Å². The van der Waals surface area contributed by atoms with Gasteiger partial charge in [0.1, 0.15) is 0 Å². The normalized spacial score (nSPS) is 13.2. The molecule has 0 aliphatic heterocycles. The third-order valence-corrected chi connectivity index (χ3v) is 25.7. The van der Waals surface area contributed by atoms with Crippen molar-refractivity contribution in [3.63, 3.8) is 0 Å². The minimum atomic E-state index is -2.21. The molecule has 0 aliphatic carbocycles. The average Bonchev–Trinajstić information content (AvgIpc) is 3.21. The van der Waals surface area contributed by atoms with E-state index in [2.05, 4.69) is 56.5 Å². The summed E-state index contributed by atoms with van der Waals surface area (Å²) in [5.74, 6) is 1.01. The first kappa shape index (κ1) is 24.5. The van der Waals surface area contributed by atoms with Crippen molar-refractivity contribution in [2.24, 2.45) is 5.92 Å². The van der Waals surface area contributed by atoms with Crippen LogP contribution in [0.4, 0.5) is 0 Å². The fourth-order valence-electron chi connectivity index (χ4n) is 4.50. The van der Waals surface area contributed by atoms with Crippen LogP contribution in [0.5, 0.6) is 0 Å². The number of thiophene rings is 1. The second-order valence-corrected chi connectivity index (χ2v) is 23.3. The van der Waals surface area contributed by atoms with E-state index < -0.39 is 18.4 Å². The van der Waals surface area contributed by atoms with Gasteiger partial charge >= 0.3 is 174 Å². The summed E-state index contributed by atoms with van der Waals surface area (Å²) in [6, 6.07) is 4.86. The molecule has 0 aromatic carbocycles. The zero-order valence-corrected chi connectivity index (χ0v) is 22.0. The number of rotatable bonds is 17. The van der Waals surface area contributed by atoms with E-state index in [-0.39, 0.29) is 0 Å². The van der Waals surface area contributed by atoms with Crippen LogP contribution in [0.25, 0.3) is 0 Å². The minimum absolute atomic E-state index is 1.01. The standard InChI is InChI=1S/C12H25.C4H3S.2C4H9.Sn/c1-4-6-7-8-9-10-11-12(3)5-2;1-2-4-5-3-1;2*1-3-4-2;/h12H,3-11H2,1-2H3;1-3H;2*1,3-4H2,2H3;. The van der Waals surface area contributed by atoms with Crippen LogP contribution in [-0.2, 0) is 0 Å². The maximum absolute atomic E-state index is 2.53. The van der Waals surface area contributed by atoms with Gasteiger partial charge in [-0.3, -0.25) is 0 Å². The van der Waals surface area contributed by atoms with Crippen molar-refractivity contribution in [1.82, 2.24) is 0 Å². The van der Waals surface area contributed by atoms with E-state index in [1.165, 1.54) is 77.0 Å². The number of unbranched alkanes of at least 4 members (excludes halogenated alkanes) is 7. The Hall–Kier alpha value is 0.499. The maximum atomic E-state index is 2.53. The molecule has 0 spiro atoms. The van der Waals surface area contributed by atoms with E-state index in [4.69, 9.17) is 0 Å². The van der Waals surface area contributed by atoms with Crippen molar-refractivity contribution < 1.29 is 0 Å². The monoisotopic (exact) mass is 486 g/mol. The molecule has 2 heteroatoms. The molecule has 0 saturated carbocycles. The molecule has 1 rings (SSSR count). The molecule has 0 fully saturated rings. The first-order chi connectivity index (χ1) is 12.7. The number of hydrogen-bond donors (Lipinski definition) is 0. The molecule has 1 unspecified atom stereocenters. The van der Waals surface area contributed by atoms with Gasteiger partial charge in [0.2, 0.25) is 0 Å². The van der Waals surface area contributed by atoms with E-state index in [0.29, 0.717) is 0 Å². The molecule has 0 aliphatic rings. The summed E-state index contributed by atoms with van der Waals surface area (Å²) in [4.78, 5) is 0. The van der Waals surface area contributed by atoms with E-state index in [9.17, 15) is 0 Å².